The number of nitrogens with one attached hydrogen (secondary N) is 1. The van der Waals surface area contributed by atoms with Gasteiger partial charge in [0.1, 0.15) is 0 Å². The van der Waals surface area contributed by atoms with Crippen molar-refractivity contribution < 1.29 is 4.74 Å². The maximum absolute atomic E-state index is 5.07. The van der Waals surface area contributed by atoms with Crippen LogP contribution in [-0.4, -0.2) is 24.8 Å². The Kier molecular flexibility index (Phi) is 5.43. The summed E-state index contributed by atoms with van der Waals surface area (Å²) in [4.78, 5) is 0. The summed E-state index contributed by atoms with van der Waals surface area (Å²) >= 11 is 0. The first-order valence-corrected chi connectivity index (χ1v) is 5.57. The van der Waals surface area contributed by atoms with Gasteiger partial charge in [-0.3, -0.25) is 0 Å². The molecular formula is C12H22N2O. The second-order valence-corrected chi connectivity index (χ2v) is 4.21. The van der Waals surface area contributed by atoms with Gasteiger partial charge < -0.3 is 14.6 Å². The number of nitrogens with zero attached hydrogens (tertiary/aromatic N) is 1. The van der Waals surface area contributed by atoms with Gasteiger partial charge in [0, 0.05) is 32.1 Å². The summed E-state index contributed by atoms with van der Waals surface area (Å²) in [6.45, 7) is 8.15. The van der Waals surface area contributed by atoms with Crippen molar-refractivity contribution in [3.05, 3.63) is 24.0 Å². The first-order valence-electron chi connectivity index (χ1n) is 5.57. The zero-order valence-electron chi connectivity index (χ0n) is 9.99. The smallest absolute Gasteiger partial charge is 0.0641 e. The Bertz CT molecular complexity index is 268. The van der Waals surface area contributed by atoms with Crippen molar-refractivity contribution in [3.8, 4) is 0 Å². The zero-order chi connectivity index (χ0) is 11.1. The minimum Gasteiger partial charge on any atom is -0.383 e. The van der Waals surface area contributed by atoms with E-state index in [1.165, 1.54) is 5.69 Å². The summed E-state index contributed by atoms with van der Waals surface area (Å²) in [5, 5.41) is 3.44. The summed E-state index contributed by atoms with van der Waals surface area (Å²) in [5.74, 6) is 0.701. The van der Waals surface area contributed by atoms with Crippen LogP contribution >= 0.6 is 0 Å². The number of aromatic nitrogens is 1. The van der Waals surface area contributed by atoms with Crippen LogP contribution in [0.1, 0.15) is 19.5 Å². The van der Waals surface area contributed by atoms with Gasteiger partial charge in [0.2, 0.25) is 0 Å². The van der Waals surface area contributed by atoms with E-state index in [1.54, 1.807) is 7.11 Å². The lowest BCUT2D eigenvalue weighted by molar-refractivity contribution is 0.186. The molecule has 1 aromatic rings. The van der Waals surface area contributed by atoms with Gasteiger partial charge in [-0.05, 0) is 24.6 Å². The minimum atomic E-state index is 0.701. The average Bonchev–Trinajstić information content (AvgIpc) is 2.62. The highest BCUT2D eigenvalue weighted by molar-refractivity contribution is 5.06. The molecule has 0 aliphatic heterocycles. The zero-order valence-corrected chi connectivity index (χ0v) is 9.99. The third-order valence-corrected chi connectivity index (χ3v) is 2.32. The highest BCUT2D eigenvalue weighted by Gasteiger charge is 2.00. The van der Waals surface area contributed by atoms with Gasteiger partial charge in [-0.1, -0.05) is 13.8 Å². The van der Waals surface area contributed by atoms with E-state index in [9.17, 15) is 0 Å². The molecule has 1 aromatic heterocycles. The number of hydrogen-bond donors (Lipinski definition) is 1. The van der Waals surface area contributed by atoms with E-state index in [4.69, 9.17) is 4.74 Å². The van der Waals surface area contributed by atoms with Crippen molar-refractivity contribution in [2.75, 3.05) is 20.3 Å². The monoisotopic (exact) mass is 210 g/mol. The Morgan fingerprint density at radius 1 is 1.47 bits per heavy atom. The van der Waals surface area contributed by atoms with Crippen LogP contribution in [0.5, 0.6) is 0 Å². The van der Waals surface area contributed by atoms with Crippen LogP contribution in [0.15, 0.2) is 18.3 Å². The molecule has 1 N–H and O–H groups in total. The predicted octanol–water partition coefficient (Wildman–Crippen LogP) is 1.88. The molecule has 3 heteroatoms. The summed E-state index contributed by atoms with van der Waals surface area (Å²) in [7, 11) is 1.74. The number of rotatable bonds is 7. The summed E-state index contributed by atoms with van der Waals surface area (Å²) < 4.78 is 7.30. The Morgan fingerprint density at radius 3 is 2.93 bits per heavy atom. The Morgan fingerprint density at radius 2 is 2.27 bits per heavy atom. The summed E-state index contributed by atoms with van der Waals surface area (Å²) in [5.41, 5.74) is 1.33. The fourth-order valence-corrected chi connectivity index (χ4v) is 1.51. The number of ether oxygens (including phenoxy) is 1. The van der Waals surface area contributed by atoms with E-state index in [2.05, 4.69) is 42.1 Å². The normalized spacial score (nSPS) is 11.2. The highest BCUT2D eigenvalue weighted by Crippen LogP contribution is 2.02. The highest BCUT2D eigenvalue weighted by atomic mass is 16.5. The molecule has 1 rings (SSSR count). The third-order valence-electron chi connectivity index (χ3n) is 2.32. The number of hydrogen-bond acceptors (Lipinski definition) is 2. The van der Waals surface area contributed by atoms with E-state index in [0.29, 0.717) is 5.92 Å². The average molecular weight is 210 g/mol. The minimum absolute atomic E-state index is 0.701. The standard InChI is InChI=1S/C12H22N2O/c1-11(2)9-13-10-12-5-4-6-14(12)7-8-15-3/h4-6,11,13H,7-10H2,1-3H3. The van der Waals surface area contributed by atoms with Crippen molar-refractivity contribution in [1.29, 1.82) is 0 Å². The van der Waals surface area contributed by atoms with Gasteiger partial charge in [0.15, 0.2) is 0 Å². The maximum atomic E-state index is 5.07. The van der Waals surface area contributed by atoms with Gasteiger partial charge in [0.25, 0.3) is 0 Å². The first-order chi connectivity index (χ1) is 7.24. The molecule has 0 aromatic carbocycles. The molecule has 0 fully saturated rings. The van der Waals surface area contributed by atoms with Crippen LogP contribution in [0.3, 0.4) is 0 Å². The molecule has 0 spiro atoms. The molecule has 0 unspecified atom stereocenters. The summed E-state index contributed by atoms with van der Waals surface area (Å²) in [6, 6.07) is 4.24. The lowest BCUT2D eigenvalue weighted by Gasteiger charge is -2.11. The molecule has 15 heavy (non-hydrogen) atoms. The quantitative estimate of drug-likeness (QED) is 0.743. The van der Waals surface area contributed by atoms with Gasteiger partial charge in [-0.15, -0.1) is 0 Å². The van der Waals surface area contributed by atoms with Crippen molar-refractivity contribution in [1.82, 2.24) is 9.88 Å². The van der Waals surface area contributed by atoms with E-state index in [-0.39, 0.29) is 0 Å². The molecular weight excluding hydrogens is 188 g/mol. The Hall–Kier alpha value is -0.800. The van der Waals surface area contributed by atoms with Crippen molar-refractivity contribution in [2.24, 2.45) is 5.92 Å². The van der Waals surface area contributed by atoms with Crippen molar-refractivity contribution in [3.63, 3.8) is 0 Å². The van der Waals surface area contributed by atoms with Crippen LogP contribution in [-0.2, 0) is 17.8 Å². The molecule has 0 amide bonds. The molecule has 0 aliphatic carbocycles. The van der Waals surface area contributed by atoms with E-state index >= 15 is 0 Å². The molecule has 0 bridgehead atoms. The molecule has 0 saturated heterocycles. The van der Waals surface area contributed by atoms with E-state index in [0.717, 1.165) is 26.2 Å². The van der Waals surface area contributed by atoms with Gasteiger partial charge in [-0.2, -0.15) is 0 Å². The summed E-state index contributed by atoms with van der Waals surface area (Å²) in [6.07, 6.45) is 2.10. The van der Waals surface area contributed by atoms with Crippen LogP contribution in [0.4, 0.5) is 0 Å². The SMILES string of the molecule is COCCn1cccc1CNCC(C)C. The molecule has 0 saturated carbocycles. The number of methoxy groups -OCH3 is 1. The Labute approximate surface area is 92.4 Å². The topological polar surface area (TPSA) is 26.2 Å². The molecule has 1 heterocycles. The molecule has 0 radical (unpaired) electrons. The predicted molar refractivity (Wildman–Crippen MR) is 62.9 cm³/mol. The molecule has 3 nitrogen and oxygen atoms in total. The lowest BCUT2D eigenvalue weighted by Crippen LogP contribution is -2.21. The van der Waals surface area contributed by atoms with Crippen LogP contribution in [0, 0.1) is 5.92 Å². The van der Waals surface area contributed by atoms with Crippen molar-refractivity contribution >= 4 is 0 Å². The van der Waals surface area contributed by atoms with Crippen LogP contribution in [0.25, 0.3) is 0 Å². The van der Waals surface area contributed by atoms with Gasteiger partial charge >= 0.3 is 0 Å². The second kappa shape index (κ2) is 6.64. The van der Waals surface area contributed by atoms with Crippen LogP contribution < -0.4 is 5.32 Å². The fourth-order valence-electron chi connectivity index (χ4n) is 1.51. The lowest BCUT2D eigenvalue weighted by atomic mass is 10.2. The van der Waals surface area contributed by atoms with E-state index in [1.807, 2.05) is 0 Å². The van der Waals surface area contributed by atoms with Crippen molar-refractivity contribution in [2.45, 2.75) is 26.9 Å². The Balaban J connectivity index is 2.35. The van der Waals surface area contributed by atoms with E-state index < -0.39 is 0 Å². The third kappa shape index (κ3) is 4.49. The van der Waals surface area contributed by atoms with Gasteiger partial charge in [0.05, 0.1) is 6.61 Å². The molecule has 86 valence electrons. The van der Waals surface area contributed by atoms with Crippen LogP contribution in [0.2, 0.25) is 0 Å². The fraction of sp³-hybridized carbons (Fsp3) is 0.667. The first kappa shape index (κ1) is 12.3. The maximum Gasteiger partial charge on any atom is 0.0641 e. The molecule has 0 aliphatic rings. The van der Waals surface area contributed by atoms with Gasteiger partial charge in [-0.25, -0.2) is 0 Å². The largest absolute Gasteiger partial charge is 0.383 e. The molecule has 0 atom stereocenters. The second-order valence-electron chi connectivity index (χ2n) is 4.21.